The predicted molar refractivity (Wildman–Crippen MR) is 269 cm³/mol. The zero-order chi connectivity index (χ0) is 59.5. The van der Waals surface area contributed by atoms with Crippen LogP contribution in [0.2, 0.25) is 0 Å². The maximum atomic E-state index is 13.5. The second-order valence-electron chi connectivity index (χ2n) is 20.5. The molecule has 9 rings (SSSR count). The molecule has 12 bridgehead atoms. The Morgan fingerprint density at radius 2 is 0.667 bits per heavy atom. The zero-order valence-electron chi connectivity index (χ0n) is 45.0. The zero-order valence-corrected chi connectivity index (χ0v) is 45.0. The molecule has 9 heterocycles. The molecule has 0 spiro atoms. The van der Waals surface area contributed by atoms with Gasteiger partial charge in [0, 0.05) is 16.7 Å². The van der Waals surface area contributed by atoms with Gasteiger partial charge in [-0.1, -0.05) is 19.3 Å². The van der Waals surface area contributed by atoms with Gasteiger partial charge in [-0.05, 0) is 137 Å². The van der Waals surface area contributed by atoms with Crippen LogP contribution in [0.25, 0.3) is 34.8 Å². The molecule has 0 amide bonds. The first-order chi connectivity index (χ1) is 37.8. The van der Waals surface area contributed by atoms with Gasteiger partial charge in [0.1, 0.15) is 0 Å². The molecule has 0 saturated carbocycles. The van der Waals surface area contributed by atoms with Crippen LogP contribution in [0, 0.1) is 20.8 Å². The Bertz CT molecular complexity index is 2800. The average molecular weight is 1160 g/mol. The fourth-order valence-electron chi connectivity index (χ4n) is 9.01. The number of rotatable bonds is 0. The minimum atomic E-state index is -4.96. The quantitative estimate of drug-likeness (QED) is 0.0770. The van der Waals surface area contributed by atoms with Crippen molar-refractivity contribution in [1.82, 2.24) is 45.5 Å². The van der Waals surface area contributed by atoms with Gasteiger partial charge in [0.15, 0.2) is 17.1 Å². The number of nitrogens with zero attached hydrogens (tertiary/aromatic N) is 9. The normalized spacial score (nSPS) is 24.1. The van der Waals surface area contributed by atoms with E-state index in [1.165, 1.54) is 0 Å². The van der Waals surface area contributed by atoms with Crippen LogP contribution in [0.3, 0.4) is 0 Å². The van der Waals surface area contributed by atoms with Crippen molar-refractivity contribution in [3.8, 4) is 52.4 Å². The summed E-state index contributed by atoms with van der Waals surface area (Å²) in [6, 6.07) is 4.74. The fourth-order valence-corrected chi connectivity index (χ4v) is 9.01. The van der Waals surface area contributed by atoms with Crippen molar-refractivity contribution in [2.45, 2.75) is 191 Å². The Labute approximate surface area is 457 Å². The van der Waals surface area contributed by atoms with E-state index in [4.69, 9.17) is 44.7 Å². The number of pyridine rings is 3. The van der Waals surface area contributed by atoms with E-state index in [0.29, 0.717) is 92.1 Å². The molecule has 3 aliphatic heterocycles. The number of aryl methyl sites for hydroxylation is 3. The van der Waals surface area contributed by atoms with Crippen molar-refractivity contribution in [2.75, 3.05) is 17.2 Å². The number of halogens is 9. The van der Waals surface area contributed by atoms with Crippen LogP contribution in [0.1, 0.15) is 151 Å². The molecule has 30 heteroatoms. The minimum absolute atomic E-state index is 0.0168. The number of alkyl halides is 9. The molecule has 3 aliphatic rings. The van der Waals surface area contributed by atoms with E-state index in [1.807, 2.05) is 20.8 Å². The van der Waals surface area contributed by atoms with Crippen molar-refractivity contribution in [3.05, 3.63) is 52.6 Å². The smallest absolute Gasteiger partial charge is 0.426 e. The Balaban J connectivity index is 0.000000175. The maximum absolute atomic E-state index is 13.5. The van der Waals surface area contributed by atoms with Crippen molar-refractivity contribution < 1.29 is 82.3 Å². The third kappa shape index (κ3) is 13.6. The Kier molecular flexibility index (Phi) is 18.4. The molecule has 81 heavy (non-hydrogen) atoms. The van der Waals surface area contributed by atoms with Crippen molar-refractivity contribution in [2.24, 2.45) is 0 Å². The van der Waals surface area contributed by atoms with E-state index < -0.39 is 72.3 Å². The number of nitrogens with two attached hydrogens (primary N) is 3. The van der Waals surface area contributed by atoms with Crippen LogP contribution < -0.4 is 31.4 Å². The summed E-state index contributed by atoms with van der Waals surface area (Å²) in [5.41, 5.74) is 10.7. The number of hydrogen-bond acceptors (Lipinski definition) is 21. The first-order valence-corrected chi connectivity index (χ1v) is 26.1. The van der Waals surface area contributed by atoms with Gasteiger partial charge >= 0.3 is 18.5 Å². The van der Waals surface area contributed by atoms with Gasteiger partial charge in [0.2, 0.25) is 34.4 Å². The second-order valence-corrected chi connectivity index (χ2v) is 20.5. The van der Waals surface area contributed by atoms with E-state index >= 15 is 0 Å². The number of fused-ring (bicyclic) bond motifs is 15. The third-order valence-electron chi connectivity index (χ3n) is 13.8. The SMILES string of the molecule is Cc1cc(N)c2nc1O[C@H](C)CCCCCC(O)(C(F)(F)F)c1nnc-2o1.Cc1cc(N)c2nc1O[C@H](C)CCCCCC(O)(C(F)(F)F)c1nnc-2o1.Cc1cc(N)c2nc1O[C@H](C)CCCCCC(O)(C(F)(F)F)c1nnc-2o1. The molecule has 444 valence electrons. The van der Waals surface area contributed by atoms with Crippen molar-refractivity contribution in [1.29, 1.82) is 0 Å². The lowest BCUT2D eigenvalue weighted by atomic mass is 9.94. The molecule has 3 unspecified atom stereocenters. The van der Waals surface area contributed by atoms with Gasteiger partial charge in [0.25, 0.3) is 35.3 Å². The number of hydrogen-bond donors (Lipinski definition) is 6. The third-order valence-corrected chi connectivity index (χ3v) is 13.8. The van der Waals surface area contributed by atoms with Gasteiger partial charge < -0.3 is 60.0 Å². The molecule has 6 aromatic heterocycles. The van der Waals surface area contributed by atoms with E-state index in [1.54, 1.807) is 39.0 Å². The Hall–Kier alpha value is -7.08. The van der Waals surface area contributed by atoms with Crippen LogP contribution >= 0.6 is 0 Å². The lowest BCUT2D eigenvalue weighted by Gasteiger charge is -2.27. The van der Waals surface area contributed by atoms with E-state index in [0.717, 1.165) is 0 Å². The number of aliphatic hydroxyl groups is 3. The number of aromatic nitrogens is 9. The summed E-state index contributed by atoms with van der Waals surface area (Å²) in [7, 11) is 0. The van der Waals surface area contributed by atoms with Crippen molar-refractivity contribution in [3.63, 3.8) is 0 Å². The molecule has 0 aromatic carbocycles. The molecular formula is C51H63F9N12O9. The standard InChI is InChI=1S/3C17H21F3N4O3/c3*1-9-8-11(21)12-14-23-24-15(27-14)16(25,17(18,19)20)7-5-3-4-6-10(2)26-13(9)22-12/h3*8,10,25H,3-7,21H2,1-2H3/t3*10-,16?/m111/s1. The van der Waals surface area contributed by atoms with Gasteiger partial charge in [0.05, 0.1) is 35.4 Å². The van der Waals surface area contributed by atoms with Crippen molar-refractivity contribution >= 4 is 17.1 Å². The van der Waals surface area contributed by atoms with Gasteiger partial charge in [-0.2, -0.15) is 39.5 Å². The largest absolute Gasteiger partial charge is 0.474 e. The highest BCUT2D eigenvalue weighted by atomic mass is 19.4. The summed E-state index contributed by atoms with van der Waals surface area (Å²) in [6.07, 6.45) is -11.4. The van der Waals surface area contributed by atoms with Crippen LogP contribution in [0.5, 0.6) is 17.6 Å². The first kappa shape index (κ1) is 61.5. The summed E-state index contributed by atoms with van der Waals surface area (Å²) in [5.74, 6) is -2.77. The molecule has 0 fully saturated rings. The molecular weight excluding hydrogens is 1100 g/mol. The molecule has 0 saturated heterocycles. The molecule has 6 aromatic rings. The first-order valence-electron chi connectivity index (χ1n) is 26.1. The Morgan fingerprint density at radius 3 is 0.901 bits per heavy atom. The summed E-state index contributed by atoms with van der Waals surface area (Å²) in [5, 5.41) is 52.1. The van der Waals surface area contributed by atoms with E-state index in [9.17, 15) is 54.8 Å². The number of nitrogen functional groups attached to an aromatic ring is 3. The number of ether oxygens (including phenoxy) is 3. The summed E-state index contributed by atoms with van der Waals surface area (Å²) in [6.45, 7) is 10.9. The molecule has 0 radical (unpaired) electrons. The molecule has 6 atom stereocenters. The van der Waals surface area contributed by atoms with Gasteiger partial charge in [-0.15, -0.1) is 30.6 Å². The van der Waals surface area contributed by atoms with Crippen LogP contribution in [0.4, 0.5) is 56.6 Å². The predicted octanol–water partition coefficient (Wildman–Crippen LogP) is 10.5. The van der Waals surface area contributed by atoms with E-state index in [-0.39, 0.29) is 89.4 Å². The second kappa shape index (κ2) is 24.2. The number of anilines is 3. The topological polar surface area (TPSA) is 322 Å². The highest BCUT2D eigenvalue weighted by Gasteiger charge is 2.60. The van der Waals surface area contributed by atoms with Gasteiger partial charge in [-0.3, -0.25) is 0 Å². The Morgan fingerprint density at radius 1 is 0.420 bits per heavy atom. The average Bonchev–Trinajstić information content (AvgIpc) is 4.18. The van der Waals surface area contributed by atoms with Crippen LogP contribution in [-0.4, -0.2) is 97.7 Å². The lowest BCUT2D eigenvalue weighted by molar-refractivity contribution is -0.277. The van der Waals surface area contributed by atoms with Gasteiger partial charge in [-0.25, -0.2) is 15.0 Å². The minimum Gasteiger partial charge on any atom is -0.474 e. The summed E-state index contributed by atoms with van der Waals surface area (Å²) in [4.78, 5) is 12.8. The monoisotopic (exact) mass is 1160 g/mol. The van der Waals surface area contributed by atoms with Crippen LogP contribution in [0.15, 0.2) is 31.5 Å². The molecule has 9 N–H and O–H groups in total. The molecule has 21 nitrogen and oxygen atoms in total. The fraction of sp³-hybridized carbons (Fsp3) is 0.588. The maximum Gasteiger partial charge on any atom is 0.426 e. The summed E-state index contributed by atoms with van der Waals surface area (Å²) >= 11 is 0. The highest BCUT2D eigenvalue weighted by molar-refractivity contribution is 5.69. The summed E-state index contributed by atoms with van der Waals surface area (Å²) < 4.78 is 155. The van der Waals surface area contributed by atoms with Crippen LogP contribution in [-0.2, 0) is 16.8 Å². The lowest BCUT2D eigenvalue weighted by Crippen LogP contribution is -2.42. The van der Waals surface area contributed by atoms with E-state index in [2.05, 4.69) is 45.5 Å². The highest BCUT2D eigenvalue weighted by Crippen LogP contribution is 2.47. The molecule has 0 aliphatic carbocycles.